The van der Waals surface area contributed by atoms with Gasteiger partial charge in [0.2, 0.25) is 5.91 Å². The Morgan fingerprint density at radius 2 is 2.17 bits per heavy atom. The maximum atomic E-state index is 12.4. The lowest BCUT2D eigenvalue weighted by molar-refractivity contribution is -0.120. The van der Waals surface area contributed by atoms with Crippen LogP contribution in [-0.2, 0) is 9.53 Å². The van der Waals surface area contributed by atoms with Crippen LogP contribution in [0.15, 0.2) is 17.2 Å². The first kappa shape index (κ1) is 18.0. The third-order valence-corrected chi connectivity index (χ3v) is 5.26. The van der Waals surface area contributed by atoms with Crippen LogP contribution in [0.4, 0.5) is 5.82 Å². The third-order valence-electron chi connectivity index (χ3n) is 5.26. The number of anilines is 1. The summed E-state index contributed by atoms with van der Waals surface area (Å²) in [7, 11) is 1.80. The molecule has 1 amide bonds. The van der Waals surface area contributed by atoms with E-state index in [2.05, 4.69) is 35.4 Å². The van der Waals surface area contributed by atoms with Gasteiger partial charge in [-0.25, -0.2) is 15.0 Å². The van der Waals surface area contributed by atoms with Gasteiger partial charge in [-0.3, -0.25) is 4.79 Å². The molecule has 5 rings (SSSR count). The molecular formula is C18H22N8O3. The highest BCUT2D eigenvalue weighted by Gasteiger charge is 2.34. The molecule has 0 aromatic carbocycles. The van der Waals surface area contributed by atoms with Gasteiger partial charge in [-0.1, -0.05) is 5.16 Å². The van der Waals surface area contributed by atoms with Crippen molar-refractivity contribution in [3.63, 3.8) is 0 Å². The normalized spacial score (nSPS) is 21.6. The first-order valence-electron chi connectivity index (χ1n) is 9.78. The Morgan fingerprint density at radius 1 is 1.28 bits per heavy atom. The highest BCUT2D eigenvalue weighted by atomic mass is 16.5. The molecule has 0 spiro atoms. The second-order valence-corrected chi connectivity index (χ2v) is 7.55. The average Bonchev–Trinajstić information content (AvgIpc) is 3.15. The number of amides is 1. The van der Waals surface area contributed by atoms with Crippen LogP contribution in [-0.4, -0.2) is 62.2 Å². The standard InChI is InChI=1S/C18H22N8O3/c1-26(17-14-16(21-8-20-14)22-9-23-17)7-13(27)19-6-11-4-5-12(28-11)18-24-15(25-29-18)10-2-3-10/h8-12H,2-7H2,1H3,(H,19,27)(H,20,21,22,23)/t11-,12+/m1/s1. The molecule has 2 N–H and O–H groups in total. The average molecular weight is 398 g/mol. The van der Waals surface area contributed by atoms with E-state index in [0.29, 0.717) is 35.3 Å². The summed E-state index contributed by atoms with van der Waals surface area (Å²) in [5.41, 5.74) is 1.27. The number of ether oxygens (including phenoxy) is 1. The summed E-state index contributed by atoms with van der Waals surface area (Å²) in [4.78, 5) is 34.0. The molecule has 3 aromatic heterocycles. The molecule has 29 heavy (non-hydrogen) atoms. The van der Waals surface area contributed by atoms with Crippen molar-refractivity contribution in [3.05, 3.63) is 24.4 Å². The lowest BCUT2D eigenvalue weighted by Crippen LogP contribution is -2.39. The molecule has 0 radical (unpaired) electrons. The zero-order chi connectivity index (χ0) is 19.8. The second-order valence-electron chi connectivity index (χ2n) is 7.55. The van der Waals surface area contributed by atoms with Gasteiger partial charge in [-0.2, -0.15) is 4.98 Å². The number of imidazole rings is 1. The fourth-order valence-corrected chi connectivity index (χ4v) is 3.54. The molecule has 4 heterocycles. The van der Waals surface area contributed by atoms with Gasteiger partial charge in [0.25, 0.3) is 5.89 Å². The fourth-order valence-electron chi connectivity index (χ4n) is 3.54. The van der Waals surface area contributed by atoms with Crippen molar-refractivity contribution in [1.82, 2.24) is 35.4 Å². The van der Waals surface area contributed by atoms with Crippen LogP contribution in [0.2, 0.25) is 0 Å². The predicted molar refractivity (Wildman–Crippen MR) is 101 cm³/mol. The van der Waals surface area contributed by atoms with Crippen molar-refractivity contribution in [2.45, 2.75) is 43.8 Å². The van der Waals surface area contributed by atoms with E-state index in [1.54, 1.807) is 18.3 Å². The number of carbonyl (C=O) groups excluding carboxylic acids is 1. The summed E-state index contributed by atoms with van der Waals surface area (Å²) >= 11 is 0. The van der Waals surface area contributed by atoms with Crippen LogP contribution in [0.3, 0.4) is 0 Å². The summed E-state index contributed by atoms with van der Waals surface area (Å²) in [6.45, 7) is 0.603. The van der Waals surface area contributed by atoms with Gasteiger partial charge in [0.05, 0.1) is 19.0 Å². The van der Waals surface area contributed by atoms with Crippen LogP contribution >= 0.6 is 0 Å². The van der Waals surface area contributed by atoms with Gasteiger partial charge in [0.1, 0.15) is 17.9 Å². The Morgan fingerprint density at radius 3 is 3.03 bits per heavy atom. The van der Waals surface area contributed by atoms with E-state index in [1.807, 2.05) is 0 Å². The fraction of sp³-hybridized carbons (Fsp3) is 0.556. The van der Waals surface area contributed by atoms with E-state index in [-0.39, 0.29) is 24.7 Å². The second kappa shape index (κ2) is 7.39. The molecular weight excluding hydrogens is 376 g/mol. The number of nitrogens with one attached hydrogen (secondary N) is 2. The molecule has 152 valence electrons. The first-order chi connectivity index (χ1) is 14.2. The maximum Gasteiger partial charge on any atom is 0.255 e. The summed E-state index contributed by atoms with van der Waals surface area (Å²) in [6.07, 6.45) is 6.66. The van der Waals surface area contributed by atoms with E-state index in [1.165, 1.54) is 6.33 Å². The molecule has 0 bridgehead atoms. The Bertz CT molecular complexity index is 1010. The Balaban J connectivity index is 1.11. The Labute approximate surface area is 166 Å². The molecule has 2 atom stereocenters. The Kier molecular flexibility index (Phi) is 4.58. The van der Waals surface area contributed by atoms with E-state index < -0.39 is 0 Å². The number of carbonyl (C=O) groups is 1. The van der Waals surface area contributed by atoms with Gasteiger partial charge < -0.3 is 24.5 Å². The zero-order valence-corrected chi connectivity index (χ0v) is 16.0. The van der Waals surface area contributed by atoms with E-state index >= 15 is 0 Å². The topological polar surface area (TPSA) is 135 Å². The summed E-state index contributed by atoms with van der Waals surface area (Å²) < 4.78 is 11.3. The van der Waals surface area contributed by atoms with Crippen molar-refractivity contribution in [1.29, 1.82) is 0 Å². The quantitative estimate of drug-likeness (QED) is 0.599. The molecule has 0 unspecified atom stereocenters. The van der Waals surface area contributed by atoms with Crippen LogP contribution in [0.1, 0.15) is 49.4 Å². The molecule has 3 aromatic rings. The van der Waals surface area contributed by atoms with Crippen LogP contribution in [0.25, 0.3) is 11.2 Å². The highest BCUT2D eigenvalue weighted by Crippen LogP contribution is 2.39. The molecule has 1 saturated carbocycles. The van der Waals surface area contributed by atoms with Crippen LogP contribution in [0.5, 0.6) is 0 Å². The van der Waals surface area contributed by atoms with E-state index in [0.717, 1.165) is 31.5 Å². The van der Waals surface area contributed by atoms with Crippen molar-refractivity contribution < 1.29 is 14.1 Å². The number of nitrogens with zero attached hydrogens (tertiary/aromatic N) is 6. The Hall–Kier alpha value is -3.08. The van der Waals surface area contributed by atoms with Crippen molar-refractivity contribution >= 4 is 22.9 Å². The number of hydrogen-bond donors (Lipinski definition) is 2. The largest absolute Gasteiger partial charge is 0.363 e. The zero-order valence-electron chi connectivity index (χ0n) is 16.0. The van der Waals surface area contributed by atoms with Gasteiger partial charge >= 0.3 is 0 Å². The lowest BCUT2D eigenvalue weighted by Gasteiger charge is -2.19. The van der Waals surface area contributed by atoms with E-state index in [4.69, 9.17) is 9.26 Å². The highest BCUT2D eigenvalue weighted by molar-refractivity contribution is 5.86. The molecule has 1 aliphatic heterocycles. The minimum Gasteiger partial charge on any atom is -0.363 e. The van der Waals surface area contributed by atoms with Crippen LogP contribution < -0.4 is 10.2 Å². The van der Waals surface area contributed by atoms with Crippen LogP contribution in [0, 0.1) is 0 Å². The van der Waals surface area contributed by atoms with Gasteiger partial charge in [0.15, 0.2) is 17.3 Å². The smallest absolute Gasteiger partial charge is 0.255 e. The van der Waals surface area contributed by atoms with Gasteiger partial charge in [-0.05, 0) is 25.7 Å². The lowest BCUT2D eigenvalue weighted by atomic mass is 10.2. The van der Waals surface area contributed by atoms with Gasteiger partial charge in [-0.15, -0.1) is 0 Å². The third kappa shape index (κ3) is 3.77. The summed E-state index contributed by atoms with van der Waals surface area (Å²) in [5.74, 6) is 2.31. The molecule has 11 heteroatoms. The number of aromatic nitrogens is 6. The summed E-state index contributed by atoms with van der Waals surface area (Å²) in [5, 5.41) is 6.97. The summed E-state index contributed by atoms with van der Waals surface area (Å²) in [6, 6.07) is 0. The first-order valence-corrected chi connectivity index (χ1v) is 9.78. The van der Waals surface area contributed by atoms with Crippen molar-refractivity contribution in [3.8, 4) is 0 Å². The van der Waals surface area contributed by atoms with Crippen molar-refractivity contribution in [2.75, 3.05) is 25.0 Å². The van der Waals surface area contributed by atoms with Gasteiger partial charge in [0, 0.05) is 19.5 Å². The molecule has 2 fully saturated rings. The molecule has 2 aliphatic rings. The SMILES string of the molecule is CN(CC(=O)NC[C@H]1CC[C@@H](c2nc(C3CC3)no2)O1)c1ncnc2nc[nH]c12. The number of fused-ring (bicyclic) bond motifs is 1. The minimum absolute atomic E-state index is 0.0658. The van der Waals surface area contributed by atoms with E-state index in [9.17, 15) is 4.79 Å². The number of likely N-dealkylation sites (N-methyl/N-ethyl adjacent to an activating group) is 1. The minimum atomic E-state index is -0.186. The van der Waals surface area contributed by atoms with Crippen molar-refractivity contribution in [2.24, 2.45) is 0 Å². The predicted octanol–water partition coefficient (Wildman–Crippen LogP) is 1.09. The number of hydrogen-bond acceptors (Lipinski definition) is 9. The molecule has 1 saturated heterocycles. The number of rotatable bonds is 7. The monoisotopic (exact) mass is 398 g/mol. The number of aromatic amines is 1. The molecule has 1 aliphatic carbocycles. The number of H-pyrrole nitrogens is 1. The molecule has 11 nitrogen and oxygen atoms in total. The maximum absolute atomic E-state index is 12.4.